The topological polar surface area (TPSA) is 44.8 Å². The van der Waals surface area contributed by atoms with Gasteiger partial charge in [-0.25, -0.2) is 0 Å². The average Bonchev–Trinajstić information content (AvgIpc) is 2.76. The molecule has 1 saturated heterocycles. The molecule has 0 radical (unpaired) electrons. The molecule has 3 rings (SSSR count). The second-order valence-corrected chi connectivity index (χ2v) is 9.30. The lowest BCUT2D eigenvalue weighted by atomic mass is 10.1. The summed E-state index contributed by atoms with van der Waals surface area (Å²) in [4.78, 5) is 17.4. The lowest BCUT2D eigenvalue weighted by Crippen LogP contribution is -2.44. The van der Waals surface area contributed by atoms with Crippen LogP contribution in [0.3, 0.4) is 0 Å². The summed E-state index contributed by atoms with van der Waals surface area (Å²) in [5, 5.41) is 3.04. The van der Waals surface area contributed by atoms with Gasteiger partial charge < -0.3 is 10.1 Å². The number of rotatable bonds is 9. The molecular weight excluding hydrogens is 398 g/mol. The van der Waals surface area contributed by atoms with Gasteiger partial charge in [0.15, 0.2) is 0 Å². The van der Waals surface area contributed by atoms with Crippen molar-refractivity contribution in [3.63, 3.8) is 0 Å². The Kier molecular flexibility index (Phi) is 8.85. The molecule has 1 aliphatic heterocycles. The van der Waals surface area contributed by atoms with Gasteiger partial charge in [-0.05, 0) is 63.1 Å². The molecule has 2 aromatic rings. The molecule has 32 heavy (non-hydrogen) atoms. The van der Waals surface area contributed by atoms with Gasteiger partial charge in [0.25, 0.3) is 5.91 Å². The lowest BCUT2D eigenvalue weighted by molar-refractivity contribution is -0.0704. The summed E-state index contributed by atoms with van der Waals surface area (Å²) in [6.07, 6.45) is 0.561. The van der Waals surface area contributed by atoms with E-state index in [9.17, 15) is 4.79 Å². The van der Waals surface area contributed by atoms with E-state index in [1.54, 1.807) is 0 Å². The summed E-state index contributed by atoms with van der Waals surface area (Å²) in [5.41, 5.74) is 4.34. The molecule has 0 spiro atoms. The predicted molar refractivity (Wildman–Crippen MR) is 131 cm³/mol. The van der Waals surface area contributed by atoms with E-state index in [-0.39, 0.29) is 18.1 Å². The number of amides is 1. The van der Waals surface area contributed by atoms with Crippen LogP contribution in [0.4, 0.5) is 0 Å². The molecule has 2 atom stereocenters. The molecule has 0 saturated carbocycles. The lowest BCUT2D eigenvalue weighted by Gasteiger charge is -2.35. The van der Waals surface area contributed by atoms with Gasteiger partial charge in [0, 0.05) is 44.3 Å². The Morgan fingerprint density at radius 3 is 2.12 bits per heavy atom. The SMILES string of the molecule is CCN(Cc1ccc(C(=O)NCc2ccc(CN3CC(C)OC(C)C3)cc2)cc1)C(C)C. The smallest absolute Gasteiger partial charge is 0.251 e. The largest absolute Gasteiger partial charge is 0.373 e. The number of hydrogen-bond donors (Lipinski definition) is 1. The second kappa shape index (κ2) is 11.6. The van der Waals surface area contributed by atoms with Crippen molar-refractivity contribution < 1.29 is 9.53 Å². The first-order valence-electron chi connectivity index (χ1n) is 11.9. The van der Waals surface area contributed by atoms with Gasteiger partial charge in [-0.2, -0.15) is 0 Å². The Balaban J connectivity index is 1.48. The van der Waals surface area contributed by atoms with Crippen molar-refractivity contribution >= 4 is 5.91 Å². The van der Waals surface area contributed by atoms with Crippen molar-refractivity contribution in [2.75, 3.05) is 19.6 Å². The average molecular weight is 438 g/mol. The third-order valence-corrected chi connectivity index (χ3v) is 6.12. The molecule has 0 aliphatic carbocycles. The fraction of sp³-hybridized carbons (Fsp3) is 0.519. The zero-order valence-corrected chi connectivity index (χ0v) is 20.3. The van der Waals surface area contributed by atoms with Crippen molar-refractivity contribution in [3.05, 3.63) is 70.8 Å². The highest BCUT2D eigenvalue weighted by Crippen LogP contribution is 2.15. The Hall–Kier alpha value is -2.21. The Morgan fingerprint density at radius 2 is 1.56 bits per heavy atom. The second-order valence-electron chi connectivity index (χ2n) is 9.30. The summed E-state index contributed by atoms with van der Waals surface area (Å²) in [6.45, 7) is 16.2. The summed E-state index contributed by atoms with van der Waals surface area (Å²) in [7, 11) is 0. The minimum atomic E-state index is -0.0341. The summed E-state index contributed by atoms with van der Waals surface area (Å²) in [6, 6.07) is 17.0. The number of ether oxygens (including phenoxy) is 1. The first kappa shape index (κ1) is 24.4. The highest BCUT2D eigenvalue weighted by molar-refractivity contribution is 5.94. The van der Waals surface area contributed by atoms with Crippen LogP contribution in [0.15, 0.2) is 48.5 Å². The number of hydrogen-bond acceptors (Lipinski definition) is 4. The molecule has 5 heteroatoms. The van der Waals surface area contributed by atoms with Gasteiger partial charge in [0.2, 0.25) is 0 Å². The highest BCUT2D eigenvalue weighted by Gasteiger charge is 2.22. The quantitative estimate of drug-likeness (QED) is 0.629. The number of carbonyl (C=O) groups excluding carboxylic acids is 1. The summed E-state index contributed by atoms with van der Waals surface area (Å²) in [5.74, 6) is -0.0341. The first-order valence-corrected chi connectivity index (χ1v) is 11.9. The fourth-order valence-corrected chi connectivity index (χ4v) is 4.37. The molecule has 1 fully saturated rings. The van der Waals surface area contributed by atoms with Crippen LogP contribution in [-0.4, -0.2) is 53.6 Å². The fourth-order valence-electron chi connectivity index (χ4n) is 4.37. The maximum Gasteiger partial charge on any atom is 0.251 e. The number of nitrogens with one attached hydrogen (secondary N) is 1. The van der Waals surface area contributed by atoms with Crippen molar-refractivity contribution in [2.24, 2.45) is 0 Å². The van der Waals surface area contributed by atoms with E-state index in [0.29, 0.717) is 18.2 Å². The summed E-state index contributed by atoms with van der Waals surface area (Å²) >= 11 is 0. The normalized spacial score (nSPS) is 19.5. The van der Waals surface area contributed by atoms with E-state index in [2.05, 4.69) is 86.1 Å². The summed E-state index contributed by atoms with van der Waals surface area (Å²) < 4.78 is 5.82. The van der Waals surface area contributed by atoms with Gasteiger partial charge >= 0.3 is 0 Å². The zero-order chi connectivity index (χ0) is 23.1. The van der Waals surface area contributed by atoms with Crippen LogP contribution in [-0.2, 0) is 24.4 Å². The molecular formula is C27H39N3O2. The van der Waals surface area contributed by atoms with E-state index in [4.69, 9.17) is 4.74 Å². The molecule has 2 aromatic carbocycles. The van der Waals surface area contributed by atoms with Gasteiger partial charge in [0.1, 0.15) is 0 Å². The minimum Gasteiger partial charge on any atom is -0.373 e. The van der Waals surface area contributed by atoms with Crippen LogP contribution in [0.5, 0.6) is 0 Å². The predicted octanol–water partition coefficient (Wildman–Crippen LogP) is 4.46. The highest BCUT2D eigenvalue weighted by atomic mass is 16.5. The van der Waals surface area contributed by atoms with Crippen molar-refractivity contribution in [2.45, 2.75) is 72.5 Å². The molecule has 0 bridgehead atoms. The maximum absolute atomic E-state index is 12.6. The molecule has 0 aromatic heterocycles. The third-order valence-electron chi connectivity index (χ3n) is 6.12. The number of nitrogens with zero attached hydrogens (tertiary/aromatic N) is 2. The molecule has 174 valence electrons. The van der Waals surface area contributed by atoms with E-state index >= 15 is 0 Å². The molecule has 1 aliphatic rings. The zero-order valence-electron chi connectivity index (χ0n) is 20.3. The van der Waals surface area contributed by atoms with Crippen LogP contribution < -0.4 is 5.32 Å². The molecule has 1 amide bonds. The molecule has 1 heterocycles. The van der Waals surface area contributed by atoms with Gasteiger partial charge in [-0.1, -0.05) is 43.3 Å². The molecule has 2 unspecified atom stereocenters. The van der Waals surface area contributed by atoms with Crippen LogP contribution in [0.2, 0.25) is 0 Å². The minimum absolute atomic E-state index is 0.0341. The Morgan fingerprint density at radius 1 is 1.00 bits per heavy atom. The number of benzene rings is 2. The van der Waals surface area contributed by atoms with Gasteiger partial charge in [-0.3, -0.25) is 14.6 Å². The van der Waals surface area contributed by atoms with E-state index in [1.165, 1.54) is 11.1 Å². The van der Waals surface area contributed by atoms with Crippen LogP contribution in [0, 0.1) is 0 Å². The number of morpholine rings is 1. The van der Waals surface area contributed by atoms with Crippen molar-refractivity contribution in [1.29, 1.82) is 0 Å². The molecule has 1 N–H and O–H groups in total. The standard InChI is InChI=1S/C27H39N3O2/c1-6-30(20(2)3)19-25-11-13-26(14-12-25)27(31)28-15-23-7-9-24(10-8-23)18-29-16-21(4)32-22(5)17-29/h7-14,20-22H,6,15-19H2,1-5H3,(H,28,31). The van der Waals surface area contributed by atoms with Crippen LogP contribution in [0.25, 0.3) is 0 Å². The Labute approximate surface area is 193 Å². The van der Waals surface area contributed by atoms with Crippen molar-refractivity contribution in [1.82, 2.24) is 15.1 Å². The van der Waals surface area contributed by atoms with E-state index in [1.807, 2.05) is 12.1 Å². The Bertz CT molecular complexity index is 838. The third kappa shape index (κ3) is 7.16. The monoisotopic (exact) mass is 437 g/mol. The number of carbonyl (C=O) groups is 1. The van der Waals surface area contributed by atoms with Gasteiger partial charge in [0.05, 0.1) is 12.2 Å². The van der Waals surface area contributed by atoms with Crippen LogP contribution in [0.1, 0.15) is 61.7 Å². The van der Waals surface area contributed by atoms with E-state index < -0.39 is 0 Å². The van der Waals surface area contributed by atoms with E-state index in [0.717, 1.165) is 38.3 Å². The molecule has 5 nitrogen and oxygen atoms in total. The van der Waals surface area contributed by atoms with Gasteiger partial charge in [-0.15, -0.1) is 0 Å². The maximum atomic E-state index is 12.6. The van der Waals surface area contributed by atoms with Crippen LogP contribution >= 0.6 is 0 Å². The van der Waals surface area contributed by atoms with Crippen molar-refractivity contribution in [3.8, 4) is 0 Å². The first-order chi connectivity index (χ1) is 15.3.